The first-order valence-electron chi connectivity index (χ1n) is 5.68. The standard InChI is InChI=1S/C13H25N/c1-5-8-11(4)9-13(14)10-12(6-2)7-3/h6,12-13H,2,4-5,7-10,14H2,1,3H3. The smallest absolute Gasteiger partial charge is 0.00815 e. The van der Waals surface area contributed by atoms with E-state index in [1.807, 2.05) is 6.08 Å². The molecule has 0 heterocycles. The van der Waals surface area contributed by atoms with Gasteiger partial charge in [0.2, 0.25) is 0 Å². The summed E-state index contributed by atoms with van der Waals surface area (Å²) >= 11 is 0. The van der Waals surface area contributed by atoms with Crippen molar-refractivity contribution in [2.45, 2.75) is 52.0 Å². The van der Waals surface area contributed by atoms with E-state index in [4.69, 9.17) is 5.73 Å². The first-order chi connectivity index (χ1) is 6.63. The average molecular weight is 195 g/mol. The van der Waals surface area contributed by atoms with Crippen molar-refractivity contribution in [3.8, 4) is 0 Å². The fourth-order valence-electron chi connectivity index (χ4n) is 1.73. The van der Waals surface area contributed by atoms with E-state index in [2.05, 4.69) is 27.0 Å². The van der Waals surface area contributed by atoms with Gasteiger partial charge in [-0.2, -0.15) is 0 Å². The van der Waals surface area contributed by atoms with Crippen LogP contribution >= 0.6 is 0 Å². The molecule has 0 amide bonds. The molecule has 0 aliphatic rings. The van der Waals surface area contributed by atoms with Crippen LogP contribution in [0.4, 0.5) is 0 Å². The molecule has 0 aliphatic carbocycles. The maximum absolute atomic E-state index is 6.05. The van der Waals surface area contributed by atoms with Gasteiger partial charge in [-0.3, -0.25) is 0 Å². The topological polar surface area (TPSA) is 26.0 Å². The van der Waals surface area contributed by atoms with Crippen molar-refractivity contribution < 1.29 is 0 Å². The van der Waals surface area contributed by atoms with Gasteiger partial charge in [0.05, 0.1) is 0 Å². The zero-order valence-corrected chi connectivity index (χ0v) is 9.76. The highest BCUT2D eigenvalue weighted by atomic mass is 14.6. The monoisotopic (exact) mass is 195 g/mol. The van der Waals surface area contributed by atoms with E-state index in [0.29, 0.717) is 5.92 Å². The summed E-state index contributed by atoms with van der Waals surface area (Å²) in [6.45, 7) is 12.2. The number of hydrogen-bond donors (Lipinski definition) is 1. The highest BCUT2D eigenvalue weighted by Gasteiger charge is 2.09. The van der Waals surface area contributed by atoms with Crippen LogP contribution in [0.25, 0.3) is 0 Å². The van der Waals surface area contributed by atoms with Crippen LogP contribution in [0.2, 0.25) is 0 Å². The van der Waals surface area contributed by atoms with Gasteiger partial charge in [-0.05, 0) is 31.6 Å². The summed E-state index contributed by atoms with van der Waals surface area (Å²) < 4.78 is 0. The Morgan fingerprint density at radius 1 is 1.43 bits per heavy atom. The summed E-state index contributed by atoms with van der Waals surface area (Å²) in [4.78, 5) is 0. The molecule has 0 radical (unpaired) electrons. The predicted molar refractivity (Wildman–Crippen MR) is 65.2 cm³/mol. The van der Waals surface area contributed by atoms with E-state index in [1.54, 1.807) is 0 Å². The summed E-state index contributed by atoms with van der Waals surface area (Å²) in [6.07, 6.45) is 7.45. The molecule has 0 aromatic carbocycles. The normalized spacial score (nSPS) is 14.8. The highest BCUT2D eigenvalue weighted by molar-refractivity contribution is 4.97. The summed E-state index contributed by atoms with van der Waals surface area (Å²) in [5, 5.41) is 0. The molecule has 0 aliphatic heterocycles. The molecule has 0 rings (SSSR count). The van der Waals surface area contributed by atoms with E-state index < -0.39 is 0 Å². The van der Waals surface area contributed by atoms with Crippen LogP contribution in [0, 0.1) is 5.92 Å². The molecule has 0 fully saturated rings. The van der Waals surface area contributed by atoms with E-state index >= 15 is 0 Å². The second-order valence-electron chi connectivity index (χ2n) is 4.10. The lowest BCUT2D eigenvalue weighted by Crippen LogP contribution is -2.23. The molecule has 0 aromatic rings. The van der Waals surface area contributed by atoms with Crippen molar-refractivity contribution in [3.05, 3.63) is 24.8 Å². The Kier molecular flexibility index (Phi) is 7.50. The zero-order valence-electron chi connectivity index (χ0n) is 9.76. The molecule has 0 aromatic heterocycles. The maximum atomic E-state index is 6.05. The van der Waals surface area contributed by atoms with Crippen molar-refractivity contribution in [2.24, 2.45) is 11.7 Å². The first-order valence-corrected chi connectivity index (χ1v) is 5.68. The van der Waals surface area contributed by atoms with Crippen molar-refractivity contribution in [1.82, 2.24) is 0 Å². The largest absolute Gasteiger partial charge is 0.327 e. The molecule has 82 valence electrons. The fraction of sp³-hybridized carbons (Fsp3) is 0.692. The molecule has 0 spiro atoms. The Balaban J connectivity index is 3.78. The maximum Gasteiger partial charge on any atom is 0.00815 e. The van der Waals surface area contributed by atoms with Gasteiger partial charge < -0.3 is 5.73 Å². The predicted octanol–water partition coefficient (Wildman–Crippen LogP) is 3.66. The van der Waals surface area contributed by atoms with Crippen molar-refractivity contribution in [1.29, 1.82) is 0 Å². The van der Waals surface area contributed by atoms with Crippen LogP contribution < -0.4 is 5.73 Å². The lowest BCUT2D eigenvalue weighted by atomic mass is 9.93. The highest BCUT2D eigenvalue weighted by Crippen LogP contribution is 2.17. The number of hydrogen-bond acceptors (Lipinski definition) is 1. The van der Waals surface area contributed by atoms with Gasteiger partial charge in [0.15, 0.2) is 0 Å². The minimum Gasteiger partial charge on any atom is -0.327 e. The quantitative estimate of drug-likeness (QED) is 0.588. The molecule has 0 saturated heterocycles. The van der Waals surface area contributed by atoms with E-state index in [9.17, 15) is 0 Å². The lowest BCUT2D eigenvalue weighted by molar-refractivity contribution is 0.485. The Morgan fingerprint density at radius 3 is 2.50 bits per heavy atom. The van der Waals surface area contributed by atoms with Gasteiger partial charge in [0, 0.05) is 6.04 Å². The first kappa shape index (κ1) is 13.4. The summed E-state index contributed by atoms with van der Waals surface area (Å²) in [7, 11) is 0. The van der Waals surface area contributed by atoms with Crippen molar-refractivity contribution in [2.75, 3.05) is 0 Å². The van der Waals surface area contributed by atoms with Gasteiger partial charge >= 0.3 is 0 Å². The van der Waals surface area contributed by atoms with Crippen LogP contribution in [-0.4, -0.2) is 6.04 Å². The molecule has 2 unspecified atom stereocenters. The van der Waals surface area contributed by atoms with Gasteiger partial charge in [-0.25, -0.2) is 0 Å². The number of allylic oxidation sites excluding steroid dienone is 1. The zero-order chi connectivity index (χ0) is 11.0. The fourth-order valence-corrected chi connectivity index (χ4v) is 1.73. The van der Waals surface area contributed by atoms with Gasteiger partial charge in [-0.15, -0.1) is 6.58 Å². The molecule has 14 heavy (non-hydrogen) atoms. The SMILES string of the molecule is C=CC(CC)CC(N)CC(=C)CCC. The molecule has 2 N–H and O–H groups in total. The second kappa shape index (κ2) is 7.81. The van der Waals surface area contributed by atoms with E-state index in [1.165, 1.54) is 12.0 Å². The molecular weight excluding hydrogens is 170 g/mol. The third-order valence-electron chi connectivity index (χ3n) is 2.62. The Bertz CT molecular complexity index is 172. The van der Waals surface area contributed by atoms with Gasteiger partial charge in [-0.1, -0.05) is 38.5 Å². The molecular formula is C13H25N. The average Bonchev–Trinajstić information content (AvgIpc) is 2.14. The minimum atomic E-state index is 0.261. The number of rotatable bonds is 8. The summed E-state index contributed by atoms with van der Waals surface area (Å²) in [5.41, 5.74) is 7.34. The third-order valence-corrected chi connectivity index (χ3v) is 2.62. The van der Waals surface area contributed by atoms with Crippen molar-refractivity contribution >= 4 is 0 Å². The molecule has 2 atom stereocenters. The van der Waals surface area contributed by atoms with E-state index in [-0.39, 0.29) is 6.04 Å². The molecule has 0 bridgehead atoms. The summed E-state index contributed by atoms with van der Waals surface area (Å²) in [6, 6.07) is 0.261. The third kappa shape index (κ3) is 5.98. The van der Waals surface area contributed by atoms with Crippen LogP contribution in [0.1, 0.15) is 46.0 Å². The van der Waals surface area contributed by atoms with Crippen molar-refractivity contribution in [3.63, 3.8) is 0 Å². The minimum absolute atomic E-state index is 0.261. The lowest BCUT2D eigenvalue weighted by Gasteiger charge is -2.17. The van der Waals surface area contributed by atoms with Crippen LogP contribution in [0.5, 0.6) is 0 Å². The molecule has 0 saturated carbocycles. The Labute approximate surface area is 89.1 Å². The second-order valence-corrected chi connectivity index (χ2v) is 4.10. The van der Waals surface area contributed by atoms with Gasteiger partial charge in [0.25, 0.3) is 0 Å². The van der Waals surface area contributed by atoms with Crippen LogP contribution in [0.15, 0.2) is 24.8 Å². The van der Waals surface area contributed by atoms with E-state index in [0.717, 1.165) is 25.7 Å². The Hall–Kier alpha value is -0.560. The Morgan fingerprint density at radius 2 is 2.07 bits per heavy atom. The number of nitrogens with two attached hydrogens (primary N) is 1. The molecule has 1 nitrogen and oxygen atoms in total. The van der Waals surface area contributed by atoms with Crippen LogP contribution in [0.3, 0.4) is 0 Å². The van der Waals surface area contributed by atoms with Gasteiger partial charge in [0.1, 0.15) is 0 Å². The molecule has 1 heteroatoms. The van der Waals surface area contributed by atoms with Crippen LogP contribution in [-0.2, 0) is 0 Å². The summed E-state index contributed by atoms with van der Waals surface area (Å²) in [5.74, 6) is 0.569.